The summed E-state index contributed by atoms with van der Waals surface area (Å²) in [6, 6.07) is 27.7. The molecule has 4 rings (SSSR count). The normalized spacial score (nSPS) is 12.3. The Morgan fingerprint density at radius 1 is 0.361 bits per heavy atom. The van der Waals surface area contributed by atoms with Crippen molar-refractivity contribution in [1.29, 1.82) is 0 Å². The minimum Gasteiger partial charge on any atom is -0.212 e. The Morgan fingerprint density at radius 3 is 0.806 bits per heavy atom. The Kier molecular flexibility index (Phi) is 8.22. The summed E-state index contributed by atoms with van der Waals surface area (Å²) < 4.78 is 77.7. The van der Waals surface area contributed by atoms with E-state index in [1.807, 2.05) is 0 Å². The molecular formula is C24H18O6S6. The third kappa shape index (κ3) is 6.75. The van der Waals surface area contributed by atoms with Gasteiger partial charge < -0.3 is 0 Å². The molecule has 0 radical (unpaired) electrons. The first-order valence-corrected chi connectivity index (χ1v) is 18.6. The summed E-state index contributed by atoms with van der Waals surface area (Å²) in [4.78, 5) is 0.817. The number of hydrogen-bond donors (Lipinski definition) is 0. The van der Waals surface area contributed by atoms with Gasteiger partial charge in [-0.05, 0) is 54.6 Å². The smallest absolute Gasteiger partial charge is 0.212 e. The zero-order valence-corrected chi connectivity index (χ0v) is 23.2. The van der Waals surface area contributed by atoms with E-state index < -0.39 is 26.6 Å². The highest BCUT2D eigenvalue weighted by Gasteiger charge is 2.23. The Bertz CT molecular complexity index is 1460. The summed E-state index contributed by atoms with van der Waals surface area (Å²) in [6.45, 7) is 0. The fraction of sp³-hybridized carbons (Fsp3) is 0. The molecule has 0 N–H and O–H groups in total. The maximum absolute atomic E-state index is 13.0. The van der Waals surface area contributed by atoms with Crippen LogP contribution in [0.5, 0.6) is 0 Å². The molecule has 0 aliphatic rings. The second-order valence-electron chi connectivity index (χ2n) is 7.19. The van der Waals surface area contributed by atoms with E-state index in [-0.39, 0.29) is 29.4 Å². The lowest BCUT2D eigenvalue weighted by atomic mass is 10.4. The van der Waals surface area contributed by atoms with E-state index in [0.29, 0.717) is 32.4 Å². The average molecular weight is 595 g/mol. The molecular weight excluding hydrogens is 577 g/mol. The molecule has 0 saturated heterocycles. The summed E-state index contributed by atoms with van der Waals surface area (Å²) in [5.41, 5.74) is 0. The van der Waals surface area contributed by atoms with Gasteiger partial charge in [-0.3, -0.25) is 0 Å². The fourth-order valence-corrected chi connectivity index (χ4v) is 11.8. The number of hydrogen-bond acceptors (Lipinski definition) is 9. The molecule has 12 heteroatoms. The Balaban J connectivity index is 1.74. The van der Waals surface area contributed by atoms with Crippen LogP contribution in [-0.4, -0.2) is 25.3 Å². The Hall–Kier alpha value is -2.22. The van der Waals surface area contributed by atoms with Crippen molar-refractivity contribution >= 4 is 59.0 Å². The van der Waals surface area contributed by atoms with Crippen LogP contribution in [0.25, 0.3) is 0 Å². The van der Waals surface area contributed by atoms with Gasteiger partial charge in [0.05, 0.1) is 14.7 Å². The van der Waals surface area contributed by atoms with Gasteiger partial charge in [-0.2, -0.15) is 0 Å². The minimum atomic E-state index is -3.84. The van der Waals surface area contributed by atoms with Gasteiger partial charge in [0.1, 0.15) is 0 Å². The Labute approximate surface area is 221 Å². The third-order valence-electron chi connectivity index (χ3n) is 4.57. The van der Waals surface area contributed by atoms with Gasteiger partial charge in [0, 0.05) is 47.1 Å². The van der Waals surface area contributed by atoms with Crippen molar-refractivity contribution in [1.82, 2.24) is 0 Å². The summed E-state index contributed by atoms with van der Waals surface area (Å²) in [5.74, 6) is 0. The van der Waals surface area contributed by atoms with Gasteiger partial charge in [0.2, 0.25) is 26.6 Å². The molecule has 186 valence electrons. The van der Waals surface area contributed by atoms with Crippen LogP contribution in [0.15, 0.2) is 139 Å². The second-order valence-corrected chi connectivity index (χ2v) is 18.7. The van der Waals surface area contributed by atoms with Crippen LogP contribution in [0.3, 0.4) is 0 Å². The van der Waals surface area contributed by atoms with Gasteiger partial charge in [0.15, 0.2) is 0 Å². The van der Waals surface area contributed by atoms with Crippen molar-refractivity contribution in [2.24, 2.45) is 0 Å². The zero-order valence-electron chi connectivity index (χ0n) is 18.3. The quantitative estimate of drug-likeness (QED) is 0.212. The maximum atomic E-state index is 13.0. The topological polar surface area (TPSA) is 102 Å². The molecule has 0 amide bonds. The summed E-state index contributed by atoms with van der Waals surface area (Å²) in [5, 5.41) is 0. The van der Waals surface area contributed by atoms with E-state index in [1.54, 1.807) is 54.6 Å². The van der Waals surface area contributed by atoms with Crippen molar-refractivity contribution < 1.29 is 25.3 Å². The Morgan fingerprint density at radius 2 is 0.583 bits per heavy atom. The molecule has 0 bridgehead atoms. The molecule has 36 heavy (non-hydrogen) atoms. The molecule has 0 saturated carbocycles. The van der Waals surface area contributed by atoms with E-state index in [9.17, 15) is 25.3 Å². The van der Waals surface area contributed by atoms with Gasteiger partial charge >= 0.3 is 0 Å². The molecule has 0 aromatic heterocycles. The minimum absolute atomic E-state index is 0.0797. The summed E-state index contributed by atoms with van der Waals surface area (Å²) in [6.07, 6.45) is 0. The van der Waals surface area contributed by atoms with Crippen molar-refractivity contribution in [3.63, 3.8) is 0 Å². The molecule has 4 aromatic carbocycles. The van der Waals surface area contributed by atoms with E-state index >= 15 is 0 Å². The van der Waals surface area contributed by atoms with Crippen LogP contribution < -0.4 is 0 Å². The van der Waals surface area contributed by atoms with Crippen molar-refractivity contribution in [3.05, 3.63) is 109 Å². The standard InChI is InChI=1S/C24H18O6S6/c25-34(26,22-10-4-1-5-11-22)31-19-16-20(32-35(27,28)23-12-6-2-7-13-23)18-21(17-19)33-36(29,30)24-14-8-3-9-15-24/h1-18H. The monoisotopic (exact) mass is 594 g/mol. The maximum Gasteiger partial charge on any atom is 0.234 e. The molecule has 0 aliphatic heterocycles. The first kappa shape index (κ1) is 26.8. The van der Waals surface area contributed by atoms with Crippen LogP contribution in [-0.2, 0) is 26.6 Å². The zero-order chi connectivity index (χ0) is 25.8. The molecule has 0 atom stereocenters. The molecule has 0 unspecified atom stereocenters. The number of rotatable bonds is 9. The lowest BCUT2D eigenvalue weighted by molar-refractivity contribution is 0.609. The summed E-state index contributed by atoms with van der Waals surface area (Å²) >= 11 is 0. The van der Waals surface area contributed by atoms with Gasteiger partial charge in [-0.25, -0.2) is 25.3 Å². The highest BCUT2D eigenvalue weighted by Crippen LogP contribution is 2.41. The average Bonchev–Trinajstić information content (AvgIpc) is 2.85. The van der Waals surface area contributed by atoms with E-state index in [2.05, 4.69) is 0 Å². The van der Waals surface area contributed by atoms with Crippen LogP contribution in [0, 0.1) is 0 Å². The predicted molar refractivity (Wildman–Crippen MR) is 145 cm³/mol. The highest BCUT2D eigenvalue weighted by molar-refractivity contribution is 8.73. The molecule has 0 spiro atoms. The first-order chi connectivity index (χ1) is 17.1. The van der Waals surface area contributed by atoms with Crippen LogP contribution in [0.2, 0.25) is 0 Å². The molecule has 0 fully saturated rings. The molecule has 4 aromatic rings. The van der Waals surface area contributed by atoms with Gasteiger partial charge in [-0.1, -0.05) is 54.6 Å². The van der Waals surface area contributed by atoms with Crippen molar-refractivity contribution in [3.8, 4) is 0 Å². The van der Waals surface area contributed by atoms with E-state index in [0.717, 1.165) is 0 Å². The molecule has 6 nitrogen and oxygen atoms in total. The predicted octanol–water partition coefficient (Wildman–Crippen LogP) is 6.13. The third-order valence-corrected chi connectivity index (χ3v) is 14.5. The van der Waals surface area contributed by atoms with Gasteiger partial charge in [0.25, 0.3) is 0 Å². The van der Waals surface area contributed by atoms with Crippen molar-refractivity contribution in [2.45, 2.75) is 29.4 Å². The van der Waals surface area contributed by atoms with Crippen LogP contribution >= 0.6 is 32.4 Å². The highest BCUT2D eigenvalue weighted by atomic mass is 33.1. The lowest BCUT2D eigenvalue weighted by Crippen LogP contribution is -1.98. The molecule has 0 aliphatic carbocycles. The molecule has 0 heterocycles. The van der Waals surface area contributed by atoms with Crippen molar-refractivity contribution in [2.75, 3.05) is 0 Å². The number of benzene rings is 4. The fourth-order valence-electron chi connectivity index (χ4n) is 2.98. The van der Waals surface area contributed by atoms with Crippen LogP contribution in [0.4, 0.5) is 0 Å². The van der Waals surface area contributed by atoms with Gasteiger partial charge in [-0.15, -0.1) is 0 Å². The lowest BCUT2D eigenvalue weighted by Gasteiger charge is -2.11. The largest absolute Gasteiger partial charge is 0.234 e. The summed E-state index contributed by atoms with van der Waals surface area (Å²) in [7, 11) is -9.94. The SMILES string of the molecule is O=S(=O)(Sc1cc(SS(=O)(=O)c2ccccc2)cc(SS(=O)(=O)c2ccccc2)c1)c1ccccc1. The van der Waals surface area contributed by atoms with E-state index in [1.165, 1.54) is 54.6 Å². The first-order valence-electron chi connectivity index (χ1n) is 10.2. The van der Waals surface area contributed by atoms with Crippen LogP contribution in [0.1, 0.15) is 0 Å². The second kappa shape index (κ2) is 11.0. The van der Waals surface area contributed by atoms with E-state index in [4.69, 9.17) is 0 Å².